The molecule has 0 spiro atoms. The van der Waals surface area contributed by atoms with Crippen molar-refractivity contribution < 1.29 is 9.53 Å². The van der Waals surface area contributed by atoms with Crippen LogP contribution in [0.4, 0.5) is 0 Å². The number of hydrogen-bond acceptors (Lipinski definition) is 2. The first-order valence-electron chi connectivity index (χ1n) is 11.0. The number of carbonyl (C=O) groups excluding carboxylic acids is 1. The molecule has 0 aromatic carbocycles. The fraction of sp³-hybridized carbons (Fsp3) is 0.955. The van der Waals surface area contributed by atoms with E-state index in [9.17, 15) is 4.79 Å². The minimum Gasteiger partial charge on any atom is -0.466 e. The Balaban J connectivity index is 1.68. The zero-order chi connectivity index (χ0) is 17.3. The van der Waals surface area contributed by atoms with Crippen LogP contribution in [0.5, 0.6) is 0 Å². The predicted octanol–water partition coefficient (Wildman–Crippen LogP) is 7.20. The van der Waals surface area contributed by atoms with Crippen LogP contribution in [0, 0.1) is 5.92 Å². The Kier molecular flexibility index (Phi) is 14.3. The summed E-state index contributed by atoms with van der Waals surface area (Å²) in [5, 5.41) is 0. The van der Waals surface area contributed by atoms with Gasteiger partial charge in [0.15, 0.2) is 0 Å². The summed E-state index contributed by atoms with van der Waals surface area (Å²) < 4.78 is 5.32. The highest BCUT2D eigenvalue weighted by Gasteiger charge is 2.20. The molecule has 1 rings (SSSR count). The number of esters is 1. The lowest BCUT2D eigenvalue weighted by Gasteiger charge is -2.05. The van der Waals surface area contributed by atoms with Gasteiger partial charge >= 0.3 is 5.97 Å². The zero-order valence-corrected chi connectivity index (χ0v) is 16.3. The second-order valence-corrected chi connectivity index (χ2v) is 7.80. The quantitative estimate of drug-likeness (QED) is 0.195. The molecular formula is C22H42O2. The molecule has 0 saturated heterocycles. The van der Waals surface area contributed by atoms with Crippen molar-refractivity contribution in [3.8, 4) is 0 Å². The Morgan fingerprint density at radius 3 is 1.83 bits per heavy atom. The van der Waals surface area contributed by atoms with Gasteiger partial charge in [-0.3, -0.25) is 4.79 Å². The second kappa shape index (κ2) is 16.0. The molecule has 0 heterocycles. The van der Waals surface area contributed by atoms with E-state index in [1.54, 1.807) is 0 Å². The minimum atomic E-state index is 0.0221. The van der Waals surface area contributed by atoms with Crippen LogP contribution in [-0.4, -0.2) is 12.6 Å². The highest BCUT2D eigenvalue weighted by Crippen LogP contribution is 2.33. The molecule has 0 aromatic heterocycles. The van der Waals surface area contributed by atoms with Gasteiger partial charge in [0.2, 0.25) is 0 Å². The number of carbonyl (C=O) groups is 1. The lowest BCUT2D eigenvalue weighted by molar-refractivity contribution is -0.143. The maximum absolute atomic E-state index is 11.6. The third kappa shape index (κ3) is 15.0. The summed E-state index contributed by atoms with van der Waals surface area (Å²) in [5.41, 5.74) is 0. The van der Waals surface area contributed by atoms with E-state index in [4.69, 9.17) is 4.74 Å². The van der Waals surface area contributed by atoms with Crippen LogP contribution in [0.2, 0.25) is 0 Å². The standard InChI is InChI=1S/C22H42O2/c1-2-3-4-5-6-7-8-9-10-11-12-15-20-24-22(23)17-14-13-16-21-18-19-21/h21H,2-20H2,1H3. The van der Waals surface area contributed by atoms with Gasteiger partial charge in [0.1, 0.15) is 0 Å². The van der Waals surface area contributed by atoms with Crippen molar-refractivity contribution in [3.63, 3.8) is 0 Å². The Morgan fingerprint density at radius 2 is 1.29 bits per heavy atom. The van der Waals surface area contributed by atoms with Crippen molar-refractivity contribution in [2.75, 3.05) is 6.61 Å². The third-order valence-corrected chi connectivity index (χ3v) is 5.20. The van der Waals surface area contributed by atoms with Crippen LogP contribution in [-0.2, 0) is 9.53 Å². The van der Waals surface area contributed by atoms with Crippen LogP contribution in [0.25, 0.3) is 0 Å². The summed E-state index contributed by atoms with van der Waals surface area (Å²) in [4.78, 5) is 11.6. The smallest absolute Gasteiger partial charge is 0.305 e. The molecule has 2 heteroatoms. The topological polar surface area (TPSA) is 26.3 Å². The summed E-state index contributed by atoms with van der Waals surface area (Å²) in [6.45, 7) is 2.91. The SMILES string of the molecule is CCCCCCCCCCCCCCOC(=O)CCCCC1CC1. The minimum absolute atomic E-state index is 0.0221. The van der Waals surface area contributed by atoms with Crippen molar-refractivity contribution >= 4 is 5.97 Å². The van der Waals surface area contributed by atoms with E-state index in [-0.39, 0.29) is 5.97 Å². The summed E-state index contributed by atoms with van der Waals surface area (Å²) in [7, 11) is 0. The van der Waals surface area contributed by atoms with E-state index in [1.165, 1.54) is 96.3 Å². The van der Waals surface area contributed by atoms with E-state index in [0.29, 0.717) is 13.0 Å². The summed E-state index contributed by atoms with van der Waals surface area (Å²) in [6, 6.07) is 0. The van der Waals surface area contributed by atoms with E-state index in [1.807, 2.05) is 0 Å². The van der Waals surface area contributed by atoms with E-state index in [0.717, 1.165) is 18.8 Å². The molecule has 2 nitrogen and oxygen atoms in total. The molecule has 0 radical (unpaired) electrons. The fourth-order valence-electron chi connectivity index (χ4n) is 3.31. The van der Waals surface area contributed by atoms with Gasteiger partial charge in [0.05, 0.1) is 6.61 Å². The van der Waals surface area contributed by atoms with Gasteiger partial charge in [0, 0.05) is 6.42 Å². The Morgan fingerprint density at radius 1 is 0.750 bits per heavy atom. The monoisotopic (exact) mass is 338 g/mol. The number of hydrogen-bond donors (Lipinski definition) is 0. The highest BCUT2D eigenvalue weighted by molar-refractivity contribution is 5.69. The maximum Gasteiger partial charge on any atom is 0.305 e. The average Bonchev–Trinajstić information content (AvgIpc) is 3.40. The molecule has 1 aliphatic carbocycles. The Labute approximate surface area is 151 Å². The molecule has 1 saturated carbocycles. The van der Waals surface area contributed by atoms with Crippen LogP contribution in [0.15, 0.2) is 0 Å². The average molecular weight is 339 g/mol. The number of unbranched alkanes of at least 4 members (excludes halogenated alkanes) is 12. The molecule has 1 fully saturated rings. The predicted molar refractivity (Wildman–Crippen MR) is 103 cm³/mol. The maximum atomic E-state index is 11.6. The van der Waals surface area contributed by atoms with Crippen LogP contribution in [0.3, 0.4) is 0 Å². The Hall–Kier alpha value is -0.530. The van der Waals surface area contributed by atoms with Crippen molar-refractivity contribution in [3.05, 3.63) is 0 Å². The molecule has 0 aliphatic heterocycles. The van der Waals surface area contributed by atoms with E-state index >= 15 is 0 Å². The molecule has 24 heavy (non-hydrogen) atoms. The third-order valence-electron chi connectivity index (χ3n) is 5.20. The Bertz CT molecular complexity index is 284. The molecule has 0 unspecified atom stereocenters. The highest BCUT2D eigenvalue weighted by atomic mass is 16.5. The summed E-state index contributed by atoms with van der Waals surface area (Å²) >= 11 is 0. The van der Waals surface area contributed by atoms with Crippen molar-refractivity contribution in [1.29, 1.82) is 0 Å². The molecule has 0 aromatic rings. The van der Waals surface area contributed by atoms with Gasteiger partial charge in [-0.2, -0.15) is 0 Å². The molecular weight excluding hydrogens is 296 g/mol. The molecule has 0 amide bonds. The van der Waals surface area contributed by atoms with Crippen molar-refractivity contribution in [1.82, 2.24) is 0 Å². The molecule has 0 bridgehead atoms. The normalized spacial score (nSPS) is 14.0. The largest absolute Gasteiger partial charge is 0.466 e. The van der Waals surface area contributed by atoms with E-state index in [2.05, 4.69) is 6.92 Å². The summed E-state index contributed by atoms with van der Waals surface area (Å²) in [6.07, 6.45) is 23.2. The van der Waals surface area contributed by atoms with Gasteiger partial charge in [-0.1, -0.05) is 103 Å². The zero-order valence-electron chi connectivity index (χ0n) is 16.3. The first kappa shape index (κ1) is 21.5. The second-order valence-electron chi connectivity index (χ2n) is 7.80. The lowest BCUT2D eigenvalue weighted by Crippen LogP contribution is -2.05. The molecule has 1 aliphatic rings. The first-order valence-corrected chi connectivity index (χ1v) is 11.0. The van der Waals surface area contributed by atoms with E-state index < -0.39 is 0 Å². The molecule has 0 atom stereocenters. The molecule has 142 valence electrons. The summed E-state index contributed by atoms with van der Waals surface area (Å²) in [5.74, 6) is 1.01. The van der Waals surface area contributed by atoms with Crippen LogP contribution < -0.4 is 0 Å². The van der Waals surface area contributed by atoms with Gasteiger partial charge in [-0.05, 0) is 18.8 Å². The van der Waals surface area contributed by atoms with Gasteiger partial charge in [-0.25, -0.2) is 0 Å². The van der Waals surface area contributed by atoms with Crippen LogP contribution >= 0.6 is 0 Å². The fourth-order valence-corrected chi connectivity index (χ4v) is 3.31. The number of ether oxygens (including phenoxy) is 1. The lowest BCUT2D eigenvalue weighted by atomic mass is 10.1. The van der Waals surface area contributed by atoms with Gasteiger partial charge < -0.3 is 4.74 Å². The van der Waals surface area contributed by atoms with Crippen LogP contribution in [0.1, 0.15) is 122 Å². The molecule has 0 N–H and O–H groups in total. The van der Waals surface area contributed by atoms with Crippen molar-refractivity contribution in [2.45, 2.75) is 122 Å². The number of rotatable bonds is 18. The van der Waals surface area contributed by atoms with Crippen molar-refractivity contribution in [2.24, 2.45) is 5.92 Å². The first-order chi connectivity index (χ1) is 11.8. The van der Waals surface area contributed by atoms with Gasteiger partial charge in [0.25, 0.3) is 0 Å². The van der Waals surface area contributed by atoms with Gasteiger partial charge in [-0.15, -0.1) is 0 Å².